The molecule has 4 heteroatoms. The summed E-state index contributed by atoms with van der Waals surface area (Å²) in [5.41, 5.74) is 0.528. The van der Waals surface area contributed by atoms with E-state index in [-0.39, 0.29) is 11.5 Å². The molecule has 1 aromatic rings. The number of halogens is 2. The van der Waals surface area contributed by atoms with Crippen LogP contribution in [-0.2, 0) is 6.54 Å². The van der Waals surface area contributed by atoms with E-state index in [9.17, 15) is 13.9 Å². The molecule has 0 amide bonds. The van der Waals surface area contributed by atoms with Crippen LogP contribution in [0.25, 0.3) is 0 Å². The Morgan fingerprint density at radius 1 is 1.22 bits per heavy atom. The van der Waals surface area contributed by atoms with Gasteiger partial charge >= 0.3 is 0 Å². The largest absolute Gasteiger partial charge is 0.393 e. The van der Waals surface area contributed by atoms with Crippen molar-refractivity contribution in [3.63, 3.8) is 0 Å². The Kier molecular flexibility index (Phi) is 5.23. The van der Waals surface area contributed by atoms with Crippen LogP contribution in [0.2, 0.25) is 0 Å². The second-order valence-corrected chi connectivity index (χ2v) is 5.60. The van der Waals surface area contributed by atoms with Crippen molar-refractivity contribution in [1.29, 1.82) is 0 Å². The third-order valence-electron chi connectivity index (χ3n) is 2.70. The predicted octanol–water partition coefficient (Wildman–Crippen LogP) is 2.85. The van der Waals surface area contributed by atoms with Crippen molar-refractivity contribution in [1.82, 2.24) is 5.32 Å². The molecule has 0 fully saturated rings. The van der Waals surface area contributed by atoms with Gasteiger partial charge in [0, 0.05) is 19.2 Å². The molecule has 18 heavy (non-hydrogen) atoms. The number of hydrogen-bond donors (Lipinski definition) is 2. The highest BCUT2D eigenvalue weighted by molar-refractivity contribution is 5.17. The average Bonchev–Trinajstić information content (AvgIpc) is 2.12. The molecule has 0 heterocycles. The Balaban J connectivity index is 2.46. The Labute approximate surface area is 107 Å². The van der Waals surface area contributed by atoms with Gasteiger partial charge in [-0.1, -0.05) is 13.8 Å². The SMILES string of the molecule is CC(O)CC(C)(C)CNCc1cc(F)cc(F)c1. The van der Waals surface area contributed by atoms with Crippen molar-refractivity contribution in [2.75, 3.05) is 6.54 Å². The zero-order chi connectivity index (χ0) is 13.8. The minimum absolute atomic E-state index is 0.0555. The van der Waals surface area contributed by atoms with E-state index in [4.69, 9.17) is 0 Å². The number of hydrogen-bond acceptors (Lipinski definition) is 2. The van der Waals surface area contributed by atoms with Crippen molar-refractivity contribution >= 4 is 0 Å². The van der Waals surface area contributed by atoms with Gasteiger partial charge in [-0.15, -0.1) is 0 Å². The van der Waals surface area contributed by atoms with Crippen LogP contribution < -0.4 is 5.32 Å². The molecule has 0 aliphatic carbocycles. The fraction of sp³-hybridized carbons (Fsp3) is 0.571. The molecular formula is C14H21F2NO. The molecule has 102 valence electrons. The summed E-state index contributed by atoms with van der Waals surface area (Å²) in [6.07, 6.45) is 0.325. The van der Waals surface area contributed by atoms with E-state index in [1.54, 1.807) is 6.92 Å². The van der Waals surface area contributed by atoms with Gasteiger partial charge in [0.2, 0.25) is 0 Å². The van der Waals surface area contributed by atoms with Crippen molar-refractivity contribution in [2.24, 2.45) is 5.41 Å². The number of aliphatic hydroxyl groups excluding tert-OH is 1. The molecule has 0 spiro atoms. The van der Waals surface area contributed by atoms with Crippen molar-refractivity contribution < 1.29 is 13.9 Å². The maximum atomic E-state index is 13.0. The normalized spacial score (nSPS) is 13.7. The van der Waals surface area contributed by atoms with Gasteiger partial charge in [0.05, 0.1) is 6.10 Å². The first-order chi connectivity index (χ1) is 8.28. The molecule has 2 N–H and O–H groups in total. The number of rotatable bonds is 6. The monoisotopic (exact) mass is 257 g/mol. The predicted molar refractivity (Wildman–Crippen MR) is 68.1 cm³/mol. The molecule has 1 atom stereocenters. The third-order valence-corrected chi connectivity index (χ3v) is 2.70. The van der Waals surface area contributed by atoms with Gasteiger partial charge in [0.15, 0.2) is 0 Å². The van der Waals surface area contributed by atoms with Gasteiger partial charge in [0.25, 0.3) is 0 Å². The summed E-state index contributed by atoms with van der Waals surface area (Å²) in [5.74, 6) is -1.12. The lowest BCUT2D eigenvalue weighted by atomic mass is 9.87. The van der Waals surface area contributed by atoms with Crippen molar-refractivity contribution in [2.45, 2.75) is 39.8 Å². The Bertz CT molecular complexity index is 371. The Morgan fingerprint density at radius 2 is 1.78 bits per heavy atom. The zero-order valence-corrected chi connectivity index (χ0v) is 11.1. The van der Waals surface area contributed by atoms with Crippen LogP contribution in [0.5, 0.6) is 0 Å². The van der Waals surface area contributed by atoms with Gasteiger partial charge in [0.1, 0.15) is 11.6 Å². The molecule has 0 saturated carbocycles. The fourth-order valence-corrected chi connectivity index (χ4v) is 2.13. The van der Waals surface area contributed by atoms with E-state index in [1.165, 1.54) is 12.1 Å². The first kappa shape index (κ1) is 15.1. The molecule has 1 rings (SSSR count). The first-order valence-electron chi connectivity index (χ1n) is 6.12. The molecule has 0 aliphatic heterocycles. The Morgan fingerprint density at radius 3 is 2.28 bits per heavy atom. The summed E-state index contributed by atoms with van der Waals surface area (Å²) in [6, 6.07) is 3.50. The molecular weight excluding hydrogens is 236 g/mol. The summed E-state index contributed by atoms with van der Waals surface area (Å²) in [5, 5.41) is 12.5. The van der Waals surface area contributed by atoms with E-state index in [0.717, 1.165) is 6.07 Å². The van der Waals surface area contributed by atoms with E-state index in [1.807, 2.05) is 13.8 Å². The molecule has 1 aromatic carbocycles. The molecule has 0 aromatic heterocycles. The fourth-order valence-electron chi connectivity index (χ4n) is 2.13. The topological polar surface area (TPSA) is 32.3 Å². The van der Waals surface area contributed by atoms with Crippen LogP contribution in [0.3, 0.4) is 0 Å². The first-order valence-corrected chi connectivity index (χ1v) is 6.12. The average molecular weight is 257 g/mol. The lowest BCUT2D eigenvalue weighted by molar-refractivity contribution is 0.128. The second-order valence-electron chi connectivity index (χ2n) is 5.60. The minimum atomic E-state index is -0.560. The number of aliphatic hydroxyl groups is 1. The highest BCUT2D eigenvalue weighted by Crippen LogP contribution is 2.21. The summed E-state index contributed by atoms with van der Waals surface area (Å²) in [4.78, 5) is 0. The Hall–Kier alpha value is -1.00. The van der Waals surface area contributed by atoms with Crippen LogP contribution in [-0.4, -0.2) is 17.8 Å². The van der Waals surface area contributed by atoms with Crippen LogP contribution in [0.1, 0.15) is 32.8 Å². The van der Waals surface area contributed by atoms with Crippen molar-refractivity contribution in [3.05, 3.63) is 35.4 Å². The standard InChI is InChI=1S/C14H21F2NO/c1-10(18)7-14(2,3)9-17-8-11-4-12(15)6-13(16)5-11/h4-6,10,17-18H,7-9H2,1-3H3. The van der Waals surface area contributed by atoms with Gasteiger partial charge in [-0.25, -0.2) is 8.78 Å². The minimum Gasteiger partial charge on any atom is -0.393 e. The third kappa shape index (κ3) is 5.56. The molecule has 2 nitrogen and oxygen atoms in total. The number of benzene rings is 1. The van der Waals surface area contributed by atoms with Gasteiger partial charge in [-0.2, -0.15) is 0 Å². The van der Waals surface area contributed by atoms with Crippen LogP contribution in [0.4, 0.5) is 8.78 Å². The highest BCUT2D eigenvalue weighted by atomic mass is 19.1. The summed E-state index contributed by atoms with van der Waals surface area (Å²) in [6.45, 7) is 6.93. The van der Waals surface area contributed by atoms with E-state index in [0.29, 0.717) is 25.1 Å². The molecule has 0 radical (unpaired) electrons. The second kappa shape index (κ2) is 6.25. The van der Waals surface area contributed by atoms with Crippen molar-refractivity contribution in [3.8, 4) is 0 Å². The van der Waals surface area contributed by atoms with Crippen LogP contribution in [0, 0.1) is 17.0 Å². The molecule has 0 saturated heterocycles. The van der Waals surface area contributed by atoms with E-state index in [2.05, 4.69) is 5.32 Å². The number of nitrogens with one attached hydrogen (secondary N) is 1. The van der Waals surface area contributed by atoms with Crippen LogP contribution in [0.15, 0.2) is 18.2 Å². The quantitative estimate of drug-likeness (QED) is 0.821. The van der Waals surface area contributed by atoms with Crippen LogP contribution >= 0.6 is 0 Å². The maximum Gasteiger partial charge on any atom is 0.126 e. The maximum absolute atomic E-state index is 13.0. The van der Waals surface area contributed by atoms with E-state index < -0.39 is 11.6 Å². The van der Waals surface area contributed by atoms with E-state index >= 15 is 0 Å². The molecule has 0 aliphatic rings. The van der Waals surface area contributed by atoms with Gasteiger partial charge in [-0.05, 0) is 36.5 Å². The van der Waals surface area contributed by atoms with Gasteiger partial charge in [-0.3, -0.25) is 0 Å². The summed E-state index contributed by atoms with van der Waals surface area (Å²) >= 11 is 0. The summed E-state index contributed by atoms with van der Waals surface area (Å²) in [7, 11) is 0. The lowest BCUT2D eigenvalue weighted by Crippen LogP contribution is -2.31. The highest BCUT2D eigenvalue weighted by Gasteiger charge is 2.19. The molecule has 0 bridgehead atoms. The summed E-state index contributed by atoms with van der Waals surface area (Å²) < 4.78 is 25.9. The molecule has 1 unspecified atom stereocenters. The zero-order valence-electron chi connectivity index (χ0n) is 11.1. The lowest BCUT2D eigenvalue weighted by Gasteiger charge is -2.26. The van der Waals surface area contributed by atoms with Gasteiger partial charge < -0.3 is 10.4 Å². The smallest absolute Gasteiger partial charge is 0.126 e.